The van der Waals surface area contributed by atoms with Gasteiger partial charge < -0.3 is 4.57 Å². The SMILES string of the molecule is Clc1ccc2c(c1)c1cc(Cl)ccc1n2CN1CCCC1. The largest absolute Gasteiger partial charge is 0.327 e. The Hall–Kier alpha value is -1.22. The summed E-state index contributed by atoms with van der Waals surface area (Å²) < 4.78 is 2.38. The van der Waals surface area contributed by atoms with Crippen molar-refractivity contribution in [2.75, 3.05) is 13.1 Å². The van der Waals surface area contributed by atoms with Crippen LogP contribution in [0.4, 0.5) is 0 Å². The molecular formula is C17H16Cl2N2. The summed E-state index contributed by atoms with van der Waals surface area (Å²) in [5.74, 6) is 0. The van der Waals surface area contributed by atoms with Gasteiger partial charge in [-0.25, -0.2) is 0 Å². The molecular weight excluding hydrogens is 303 g/mol. The van der Waals surface area contributed by atoms with Crippen molar-refractivity contribution in [1.82, 2.24) is 9.47 Å². The number of hydrogen-bond donors (Lipinski definition) is 0. The molecule has 0 unspecified atom stereocenters. The van der Waals surface area contributed by atoms with Crippen LogP contribution >= 0.6 is 23.2 Å². The molecule has 0 atom stereocenters. The molecule has 1 aliphatic rings. The van der Waals surface area contributed by atoms with Crippen molar-refractivity contribution in [2.24, 2.45) is 0 Å². The van der Waals surface area contributed by atoms with Crippen LogP contribution in [0.15, 0.2) is 36.4 Å². The maximum Gasteiger partial charge on any atom is 0.0757 e. The predicted molar refractivity (Wildman–Crippen MR) is 90.3 cm³/mol. The smallest absolute Gasteiger partial charge is 0.0757 e. The van der Waals surface area contributed by atoms with Crippen LogP contribution in [0.5, 0.6) is 0 Å². The number of halogens is 2. The number of rotatable bonds is 2. The topological polar surface area (TPSA) is 8.17 Å². The molecule has 0 saturated carbocycles. The van der Waals surface area contributed by atoms with Crippen LogP contribution in [0.3, 0.4) is 0 Å². The number of nitrogens with zero attached hydrogens (tertiary/aromatic N) is 2. The Labute approximate surface area is 133 Å². The van der Waals surface area contributed by atoms with Crippen LogP contribution in [0.1, 0.15) is 12.8 Å². The van der Waals surface area contributed by atoms with E-state index in [0.717, 1.165) is 16.7 Å². The Kier molecular flexibility index (Phi) is 3.33. The van der Waals surface area contributed by atoms with Gasteiger partial charge in [0.2, 0.25) is 0 Å². The molecule has 1 saturated heterocycles. The van der Waals surface area contributed by atoms with Crippen LogP contribution in [-0.2, 0) is 6.67 Å². The van der Waals surface area contributed by atoms with Gasteiger partial charge in [0.15, 0.2) is 0 Å². The highest BCUT2D eigenvalue weighted by molar-refractivity contribution is 6.33. The second-order valence-corrected chi connectivity index (χ2v) is 6.59. The quantitative estimate of drug-likeness (QED) is 0.634. The molecule has 1 fully saturated rings. The van der Waals surface area contributed by atoms with Crippen molar-refractivity contribution < 1.29 is 0 Å². The van der Waals surface area contributed by atoms with Gasteiger partial charge in [0.25, 0.3) is 0 Å². The Balaban J connectivity index is 1.97. The van der Waals surface area contributed by atoms with Crippen molar-refractivity contribution in [2.45, 2.75) is 19.5 Å². The molecule has 4 rings (SSSR count). The standard InChI is InChI=1S/C17H16Cl2N2/c18-12-3-5-16-14(9-12)15-10-13(19)4-6-17(15)21(16)11-20-7-1-2-8-20/h3-6,9-10H,1-2,7-8,11H2. The third-order valence-electron chi connectivity index (χ3n) is 4.33. The number of hydrogen-bond acceptors (Lipinski definition) is 1. The molecule has 2 aromatic carbocycles. The minimum absolute atomic E-state index is 0.766. The lowest BCUT2D eigenvalue weighted by atomic mass is 10.1. The van der Waals surface area contributed by atoms with Gasteiger partial charge in [-0.05, 0) is 62.3 Å². The highest BCUT2D eigenvalue weighted by atomic mass is 35.5. The van der Waals surface area contributed by atoms with Gasteiger partial charge in [0, 0.05) is 20.8 Å². The zero-order valence-corrected chi connectivity index (χ0v) is 13.2. The van der Waals surface area contributed by atoms with Crippen molar-refractivity contribution in [3.8, 4) is 0 Å². The summed E-state index contributed by atoms with van der Waals surface area (Å²) in [6.07, 6.45) is 2.60. The molecule has 2 heterocycles. The Morgan fingerprint density at radius 2 is 1.33 bits per heavy atom. The van der Waals surface area contributed by atoms with Crippen LogP contribution < -0.4 is 0 Å². The van der Waals surface area contributed by atoms with Gasteiger partial charge in [-0.3, -0.25) is 4.90 Å². The first-order valence-corrected chi connectivity index (χ1v) is 8.07. The maximum atomic E-state index is 6.19. The minimum atomic E-state index is 0.766. The van der Waals surface area contributed by atoms with Crippen LogP contribution in [-0.4, -0.2) is 22.6 Å². The van der Waals surface area contributed by atoms with Gasteiger partial charge >= 0.3 is 0 Å². The lowest BCUT2D eigenvalue weighted by Crippen LogP contribution is -2.22. The molecule has 0 radical (unpaired) electrons. The molecule has 21 heavy (non-hydrogen) atoms. The summed E-state index contributed by atoms with van der Waals surface area (Å²) in [6, 6.07) is 12.2. The maximum absolute atomic E-state index is 6.19. The highest BCUT2D eigenvalue weighted by Crippen LogP contribution is 2.33. The van der Waals surface area contributed by atoms with Crippen molar-refractivity contribution in [3.05, 3.63) is 46.4 Å². The van der Waals surface area contributed by atoms with E-state index in [1.54, 1.807) is 0 Å². The van der Waals surface area contributed by atoms with Crippen molar-refractivity contribution >= 4 is 45.0 Å². The average molecular weight is 319 g/mol. The summed E-state index contributed by atoms with van der Waals surface area (Å²) in [4.78, 5) is 2.50. The Morgan fingerprint density at radius 1 is 0.810 bits per heavy atom. The van der Waals surface area contributed by atoms with Crippen molar-refractivity contribution in [3.63, 3.8) is 0 Å². The van der Waals surface area contributed by atoms with E-state index in [1.807, 2.05) is 24.3 Å². The molecule has 0 spiro atoms. The molecule has 0 N–H and O–H groups in total. The summed E-state index contributed by atoms with van der Waals surface area (Å²) >= 11 is 12.4. The first-order valence-electron chi connectivity index (χ1n) is 7.32. The first-order chi connectivity index (χ1) is 10.2. The van der Waals surface area contributed by atoms with E-state index in [0.29, 0.717) is 0 Å². The predicted octanol–water partition coefficient (Wildman–Crippen LogP) is 5.15. The molecule has 2 nitrogen and oxygen atoms in total. The second kappa shape index (κ2) is 5.20. The number of fused-ring (bicyclic) bond motifs is 3. The molecule has 4 heteroatoms. The lowest BCUT2D eigenvalue weighted by Gasteiger charge is -2.17. The summed E-state index contributed by atoms with van der Waals surface area (Å²) in [5, 5.41) is 3.89. The Morgan fingerprint density at radius 3 is 1.86 bits per heavy atom. The van der Waals surface area contributed by atoms with Gasteiger partial charge in [0.05, 0.1) is 17.7 Å². The fourth-order valence-corrected chi connectivity index (χ4v) is 3.67. The number of benzene rings is 2. The summed E-state index contributed by atoms with van der Waals surface area (Å²) in [6.45, 7) is 3.30. The average Bonchev–Trinajstić information content (AvgIpc) is 3.07. The normalized spacial score (nSPS) is 16.3. The van der Waals surface area contributed by atoms with Crippen molar-refractivity contribution in [1.29, 1.82) is 0 Å². The zero-order valence-electron chi connectivity index (χ0n) is 11.6. The molecule has 108 valence electrons. The summed E-state index contributed by atoms with van der Waals surface area (Å²) in [5.41, 5.74) is 2.45. The fourth-order valence-electron chi connectivity index (χ4n) is 3.32. The molecule has 0 amide bonds. The Bertz CT molecular complexity index is 757. The van der Waals surface area contributed by atoms with E-state index in [2.05, 4.69) is 21.6 Å². The zero-order chi connectivity index (χ0) is 14.4. The van der Waals surface area contributed by atoms with Gasteiger partial charge in [-0.2, -0.15) is 0 Å². The molecule has 1 aromatic heterocycles. The monoisotopic (exact) mass is 318 g/mol. The van der Waals surface area contributed by atoms with E-state index in [1.165, 1.54) is 47.7 Å². The number of aromatic nitrogens is 1. The second-order valence-electron chi connectivity index (χ2n) is 5.72. The number of likely N-dealkylation sites (tertiary alicyclic amines) is 1. The summed E-state index contributed by atoms with van der Waals surface area (Å²) in [7, 11) is 0. The highest BCUT2D eigenvalue weighted by Gasteiger charge is 2.16. The molecule has 0 aliphatic carbocycles. The van der Waals surface area contributed by atoms with E-state index in [9.17, 15) is 0 Å². The minimum Gasteiger partial charge on any atom is -0.327 e. The van der Waals surface area contributed by atoms with Gasteiger partial charge in [0.1, 0.15) is 0 Å². The molecule has 3 aromatic rings. The van der Waals surface area contributed by atoms with Crippen LogP contribution in [0.2, 0.25) is 10.0 Å². The molecule has 1 aliphatic heterocycles. The van der Waals surface area contributed by atoms with E-state index >= 15 is 0 Å². The van der Waals surface area contributed by atoms with Gasteiger partial charge in [-0.15, -0.1) is 0 Å². The molecule has 0 bridgehead atoms. The lowest BCUT2D eigenvalue weighted by molar-refractivity contribution is 0.279. The van der Waals surface area contributed by atoms with E-state index in [-0.39, 0.29) is 0 Å². The first kappa shape index (κ1) is 13.4. The third kappa shape index (κ3) is 2.32. The van der Waals surface area contributed by atoms with Gasteiger partial charge in [-0.1, -0.05) is 23.2 Å². The third-order valence-corrected chi connectivity index (χ3v) is 4.80. The van der Waals surface area contributed by atoms with Crippen LogP contribution in [0, 0.1) is 0 Å². The van der Waals surface area contributed by atoms with Crippen LogP contribution in [0.25, 0.3) is 21.8 Å². The van der Waals surface area contributed by atoms with E-state index in [4.69, 9.17) is 23.2 Å². The fraction of sp³-hybridized carbons (Fsp3) is 0.294. The van der Waals surface area contributed by atoms with E-state index < -0.39 is 0 Å².